The Morgan fingerprint density at radius 3 is 3.10 bits per heavy atom. The van der Waals surface area contributed by atoms with Crippen molar-refractivity contribution in [1.82, 2.24) is 4.90 Å². The van der Waals surface area contributed by atoms with Gasteiger partial charge in [-0.25, -0.2) is 0 Å². The van der Waals surface area contributed by atoms with Crippen LogP contribution in [0.4, 0.5) is 0 Å². The fraction of sp³-hybridized carbons (Fsp3) is 0.500. The van der Waals surface area contributed by atoms with Crippen LogP contribution in [0.3, 0.4) is 0 Å². The molecule has 1 aromatic rings. The molecule has 20 heavy (non-hydrogen) atoms. The van der Waals surface area contributed by atoms with Crippen LogP contribution in [0.1, 0.15) is 12.5 Å². The predicted octanol–water partition coefficient (Wildman–Crippen LogP) is 0.881. The molecule has 6 heteroatoms. The third-order valence-electron chi connectivity index (χ3n) is 3.37. The summed E-state index contributed by atoms with van der Waals surface area (Å²) in [6.45, 7) is 6.16. The van der Waals surface area contributed by atoms with E-state index >= 15 is 0 Å². The monoisotopic (exact) mass is 279 g/mol. The second kappa shape index (κ2) is 7.12. The van der Waals surface area contributed by atoms with Crippen LogP contribution in [0.5, 0.6) is 5.75 Å². The maximum Gasteiger partial charge on any atom is 0.173 e. The van der Waals surface area contributed by atoms with Crippen molar-refractivity contribution in [2.24, 2.45) is 10.9 Å². The number of para-hydroxylation sites is 1. The van der Waals surface area contributed by atoms with Crippen LogP contribution in [0.15, 0.2) is 29.4 Å². The summed E-state index contributed by atoms with van der Waals surface area (Å²) in [5.74, 6) is 0.639. The fourth-order valence-corrected chi connectivity index (χ4v) is 2.21. The molecule has 110 valence electrons. The summed E-state index contributed by atoms with van der Waals surface area (Å²) in [5, 5.41) is 11.8. The molecule has 0 radical (unpaired) electrons. The molecule has 0 aromatic heterocycles. The Morgan fingerprint density at radius 2 is 2.35 bits per heavy atom. The molecule has 0 bridgehead atoms. The summed E-state index contributed by atoms with van der Waals surface area (Å²) >= 11 is 0. The summed E-state index contributed by atoms with van der Waals surface area (Å²) in [7, 11) is 0. The third kappa shape index (κ3) is 3.61. The number of amidine groups is 1. The lowest BCUT2D eigenvalue weighted by atomic mass is 10.2. The van der Waals surface area contributed by atoms with E-state index in [0.717, 1.165) is 26.2 Å². The summed E-state index contributed by atoms with van der Waals surface area (Å²) in [5.41, 5.74) is 6.21. The van der Waals surface area contributed by atoms with E-state index in [1.54, 1.807) is 12.1 Å². The minimum atomic E-state index is 0.0420. The molecule has 1 aromatic carbocycles. The van der Waals surface area contributed by atoms with Gasteiger partial charge in [0.1, 0.15) is 18.5 Å². The molecule has 1 saturated heterocycles. The van der Waals surface area contributed by atoms with Crippen LogP contribution in [0.2, 0.25) is 0 Å². The van der Waals surface area contributed by atoms with Crippen molar-refractivity contribution in [2.75, 3.05) is 32.8 Å². The topological polar surface area (TPSA) is 80.3 Å². The first-order valence-electron chi connectivity index (χ1n) is 6.78. The van der Waals surface area contributed by atoms with Gasteiger partial charge >= 0.3 is 0 Å². The van der Waals surface area contributed by atoms with Crippen LogP contribution < -0.4 is 10.5 Å². The van der Waals surface area contributed by atoms with Gasteiger partial charge in [-0.15, -0.1) is 0 Å². The van der Waals surface area contributed by atoms with Crippen LogP contribution in [0.25, 0.3) is 0 Å². The fourth-order valence-electron chi connectivity index (χ4n) is 2.21. The number of likely N-dealkylation sites (N-methyl/N-ethyl adjacent to an activating group) is 1. The zero-order valence-electron chi connectivity index (χ0n) is 11.7. The lowest BCUT2D eigenvalue weighted by molar-refractivity contribution is -0.0464. The van der Waals surface area contributed by atoms with Crippen molar-refractivity contribution in [3.05, 3.63) is 29.8 Å². The lowest BCUT2D eigenvalue weighted by Gasteiger charge is -2.31. The lowest BCUT2D eigenvalue weighted by Crippen LogP contribution is -2.44. The number of rotatable bonds is 5. The zero-order chi connectivity index (χ0) is 14.4. The van der Waals surface area contributed by atoms with E-state index in [1.165, 1.54) is 0 Å². The Bertz CT molecular complexity index is 465. The smallest absolute Gasteiger partial charge is 0.173 e. The van der Waals surface area contributed by atoms with Crippen molar-refractivity contribution < 1.29 is 14.7 Å². The molecule has 3 N–H and O–H groups in total. The van der Waals surface area contributed by atoms with E-state index in [4.69, 9.17) is 20.4 Å². The Kier molecular flexibility index (Phi) is 5.20. The van der Waals surface area contributed by atoms with Gasteiger partial charge in [-0.1, -0.05) is 24.2 Å². The van der Waals surface area contributed by atoms with Gasteiger partial charge in [-0.05, 0) is 18.7 Å². The van der Waals surface area contributed by atoms with Crippen molar-refractivity contribution >= 4 is 5.84 Å². The predicted molar refractivity (Wildman–Crippen MR) is 76.3 cm³/mol. The number of nitrogens with two attached hydrogens (primary N) is 1. The molecule has 0 saturated carbocycles. The van der Waals surface area contributed by atoms with E-state index < -0.39 is 0 Å². The van der Waals surface area contributed by atoms with Crippen molar-refractivity contribution in [2.45, 2.75) is 13.0 Å². The molecule has 0 amide bonds. The molecular formula is C14H21N3O3. The highest BCUT2D eigenvalue weighted by Crippen LogP contribution is 2.18. The first-order valence-corrected chi connectivity index (χ1v) is 6.78. The molecule has 2 rings (SSSR count). The van der Waals surface area contributed by atoms with E-state index in [-0.39, 0.29) is 11.9 Å². The summed E-state index contributed by atoms with van der Waals surface area (Å²) in [6.07, 6.45) is 0.0454. The van der Waals surface area contributed by atoms with E-state index in [2.05, 4.69) is 17.0 Å². The zero-order valence-corrected chi connectivity index (χ0v) is 11.7. The highest BCUT2D eigenvalue weighted by Gasteiger charge is 2.20. The normalized spacial score (nSPS) is 20.9. The molecule has 0 spiro atoms. The SMILES string of the molecule is CCN1CCOC(COc2ccccc2C(N)=NO)C1. The number of nitrogens with zero attached hydrogens (tertiary/aromatic N) is 2. The molecule has 1 aliphatic rings. The van der Waals surface area contributed by atoms with Crippen LogP contribution >= 0.6 is 0 Å². The average molecular weight is 279 g/mol. The summed E-state index contributed by atoms with van der Waals surface area (Å²) in [4.78, 5) is 2.33. The molecule has 1 fully saturated rings. The Morgan fingerprint density at radius 1 is 1.55 bits per heavy atom. The van der Waals surface area contributed by atoms with Gasteiger partial charge in [-0.2, -0.15) is 0 Å². The standard InChI is InChI=1S/C14H21N3O3/c1-2-17-7-8-19-11(9-17)10-20-13-6-4-3-5-12(13)14(15)16-18/h3-6,11,18H,2,7-10H2,1H3,(H2,15,16). The van der Waals surface area contributed by atoms with Gasteiger partial charge < -0.3 is 20.4 Å². The third-order valence-corrected chi connectivity index (χ3v) is 3.37. The van der Waals surface area contributed by atoms with Gasteiger partial charge in [0.05, 0.1) is 12.2 Å². The van der Waals surface area contributed by atoms with Gasteiger partial charge in [0.2, 0.25) is 0 Å². The second-order valence-electron chi connectivity index (χ2n) is 4.68. The highest BCUT2D eigenvalue weighted by molar-refractivity contribution is 5.99. The molecule has 0 aliphatic carbocycles. The van der Waals surface area contributed by atoms with Crippen molar-refractivity contribution in [3.63, 3.8) is 0 Å². The van der Waals surface area contributed by atoms with Gasteiger partial charge in [0.25, 0.3) is 0 Å². The summed E-state index contributed by atoms with van der Waals surface area (Å²) in [6, 6.07) is 7.22. The number of benzene rings is 1. The molecular weight excluding hydrogens is 258 g/mol. The molecule has 1 unspecified atom stereocenters. The Balaban J connectivity index is 1.97. The number of hydrogen-bond acceptors (Lipinski definition) is 5. The maximum atomic E-state index is 8.77. The molecule has 6 nitrogen and oxygen atoms in total. The molecule has 1 aliphatic heterocycles. The highest BCUT2D eigenvalue weighted by atomic mass is 16.5. The second-order valence-corrected chi connectivity index (χ2v) is 4.68. The number of oxime groups is 1. The minimum Gasteiger partial charge on any atom is -0.490 e. The van der Waals surface area contributed by atoms with E-state index in [0.29, 0.717) is 17.9 Å². The average Bonchev–Trinajstić information content (AvgIpc) is 2.52. The van der Waals surface area contributed by atoms with Gasteiger partial charge in [0.15, 0.2) is 5.84 Å². The number of morpholine rings is 1. The number of hydrogen-bond donors (Lipinski definition) is 2. The minimum absolute atomic E-state index is 0.0420. The summed E-state index contributed by atoms with van der Waals surface area (Å²) < 4.78 is 11.4. The first kappa shape index (κ1) is 14.6. The number of ether oxygens (including phenoxy) is 2. The Hall–Kier alpha value is -1.79. The van der Waals surface area contributed by atoms with Crippen LogP contribution in [-0.4, -0.2) is 54.9 Å². The quantitative estimate of drug-likeness (QED) is 0.362. The van der Waals surface area contributed by atoms with Crippen molar-refractivity contribution in [3.8, 4) is 5.75 Å². The maximum absolute atomic E-state index is 8.77. The van der Waals surface area contributed by atoms with E-state index in [9.17, 15) is 0 Å². The first-order chi connectivity index (χ1) is 9.74. The van der Waals surface area contributed by atoms with E-state index in [1.807, 2.05) is 12.1 Å². The van der Waals surface area contributed by atoms with Crippen LogP contribution in [0, 0.1) is 0 Å². The largest absolute Gasteiger partial charge is 0.490 e. The van der Waals surface area contributed by atoms with Crippen LogP contribution in [-0.2, 0) is 4.74 Å². The molecule has 1 atom stereocenters. The van der Waals surface area contributed by atoms with Gasteiger partial charge in [-0.3, -0.25) is 4.90 Å². The molecule has 1 heterocycles. The van der Waals surface area contributed by atoms with Gasteiger partial charge in [0, 0.05) is 13.1 Å². The Labute approximate surface area is 118 Å². The van der Waals surface area contributed by atoms with Crippen molar-refractivity contribution in [1.29, 1.82) is 0 Å².